The number of rotatable bonds is 3. The van der Waals surface area contributed by atoms with Crippen molar-refractivity contribution in [2.75, 3.05) is 7.11 Å². The van der Waals surface area contributed by atoms with Crippen LogP contribution in [0.2, 0.25) is 5.02 Å². The average molecular weight is 337 g/mol. The number of ether oxygens (including phenoxy) is 1. The largest absolute Gasteiger partial charge is 0.465 e. The molecule has 2 heterocycles. The smallest absolute Gasteiger partial charge is 0.348 e. The number of carbonyl (C=O) groups is 1. The predicted molar refractivity (Wildman–Crippen MR) is 72.3 cm³/mol. The maximum atomic E-state index is 11.7. The molecule has 0 aromatic carbocycles. The van der Waals surface area contributed by atoms with Gasteiger partial charge in [-0.25, -0.2) is 18.4 Å². The highest BCUT2D eigenvalue weighted by molar-refractivity contribution is 7.89. The van der Waals surface area contributed by atoms with Gasteiger partial charge in [0.2, 0.25) is 10.0 Å². The number of halogens is 1. The number of esters is 1. The van der Waals surface area contributed by atoms with E-state index in [1.54, 1.807) is 6.92 Å². The lowest BCUT2D eigenvalue weighted by Gasteiger charge is -2.02. The van der Waals surface area contributed by atoms with Crippen LogP contribution < -0.4 is 5.14 Å². The zero-order valence-electron chi connectivity index (χ0n) is 10.3. The van der Waals surface area contributed by atoms with Gasteiger partial charge in [0.25, 0.3) is 0 Å². The Morgan fingerprint density at radius 1 is 1.55 bits per heavy atom. The quantitative estimate of drug-likeness (QED) is 0.855. The van der Waals surface area contributed by atoms with Crippen molar-refractivity contribution in [1.82, 2.24) is 5.16 Å². The summed E-state index contributed by atoms with van der Waals surface area (Å²) in [5, 5.41) is 10.2. The van der Waals surface area contributed by atoms with Crippen LogP contribution in [0.1, 0.15) is 15.4 Å². The molecule has 0 amide bonds. The molecule has 0 spiro atoms. The van der Waals surface area contributed by atoms with E-state index in [1.165, 1.54) is 12.5 Å². The fraction of sp³-hybridized carbons (Fsp3) is 0.200. The highest BCUT2D eigenvalue weighted by Crippen LogP contribution is 2.39. The number of thiophene rings is 1. The normalized spacial score (nSPS) is 11.6. The molecule has 2 N–H and O–H groups in total. The van der Waals surface area contributed by atoms with Crippen molar-refractivity contribution < 1.29 is 22.5 Å². The lowest BCUT2D eigenvalue weighted by atomic mass is 10.2. The van der Waals surface area contributed by atoms with Gasteiger partial charge in [0.05, 0.1) is 12.7 Å². The monoisotopic (exact) mass is 336 g/mol. The molecule has 0 aliphatic rings. The zero-order valence-corrected chi connectivity index (χ0v) is 12.7. The molecule has 0 bridgehead atoms. The third-order valence-corrected chi connectivity index (χ3v) is 4.95. The molecule has 2 rings (SSSR count). The lowest BCUT2D eigenvalue weighted by Crippen LogP contribution is -2.13. The van der Waals surface area contributed by atoms with E-state index in [9.17, 15) is 13.2 Å². The highest BCUT2D eigenvalue weighted by Gasteiger charge is 2.29. The van der Waals surface area contributed by atoms with Crippen molar-refractivity contribution in [2.24, 2.45) is 5.14 Å². The van der Waals surface area contributed by atoms with Crippen molar-refractivity contribution >= 4 is 38.9 Å². The van der Waals surface area contributed by atoms with Gasteiger partial charge < -0.3 is 9.26 Å². The number of hydrogen-bond donors (Lipinski definition) is 1. The Balaban J connectivity index is 2.80. The molecule has 2 aromatic heterocycles. The van der Waals surface area contributed by atoms with Crippen LogP contribution in [0.15, 0.2) is 14.8 Å². The van der Waals surface area contributed by atoms with Gasteiger partial charge in [-0.05, 0) is 6.92 Å². The molecule has 0 fully saturated rings. The topological polar surface area (TPSA) is 112 Å². The number of carbonyl (C=O) groups excluding carboxylic acids is 1. The van der Waals surface area contributed by atoms with Crippen LogP contribution in [0.4, 0.5) is 0 Å². The van der Waals surface area contributed by atoms with Gasteiger partial charge in [-0.3, -0.25) is 0 Å². The molecule has 108 valence electrons. The fourth-order valence-electron chi connectivity index (χ4n) is 1.54. The maximum absolute atomic E-state index is 11.7. The van der Waals surface area contributed by atoms with E-state index < -0.39 is 16.0 Å². The first-order valence-corrected chi connectivity index (χ1v) is 7.92. The van der Waals surface area contributed by atoms with E-state index in [0.717, 1.165) is 11.3 Å². The third-order valence-electron chi connectivity index (χ3n) is 2.46. The first kappa shape index (κ1) is 15.0. The summed E-state index contributed by atoms with van der Waals surface area (Å²) in [5.74, 6) is -0.416. The number of primary sulfonamides is 1. The van der Waals surface area contributed by atoms with E-state index in [4.69, 9.17) is 21.3 Å². The number of sulfonamides is 1. The Bertz CT molecular complexity index is 778. The average Bonchev–Trinajstić information content (AvgIpc) is 2.93. The molecule has 0 atom stereocenters. The number of aryl methyl sites for hydroxylation is 1. The van der Waals surface area contributed by atoms with E-state index in [2.05, 4.69) is 9.89 Å². The van der Waals surface area contributed by atoms with Crippen LogP contribution in [-0.2, 0) is 14.8 Å². The van der Waals surface area contributed by atoms with Gasteiger partial charge in [-0.2, -0.15) is 0 Å². The van der Waals surface area contributed by atoms with Crippen LogP contribution in [0.25, 0.3) is 11.3 Å². The first-order chi connectivity index (χ1) is 9.27. The predicted octanol–water partition coefficient (Wildman–Crippen LogP) is 1.80. The number of aromatic nitrogens is 1. The van der Waals surface area contributed by atoms with Crippen LogP contribution >= 0.6 is 22.9 Å². The number of nitrogens with zero attached hydrogens (tertiary/aromatic N) is 1. The highest BCUT2D eigenvalue weighted by atomic mass is 35.5. The van der Waals surface area contributed by atoms with E-state index in [1.807, 2.05) is 0 Å². The molecule has 7 nitrogen and oxygen atoms in total. The summed E-state index contributed by atoms with van der Waals surface area (Å²) >= 11 is 6.88. The molecule has 10 heteroatoms. The van der Waals surface area contributed by atoms with Gasteiger partial charge in [0.1, 0.15) is 20.5 Å². The van der Waals surface area contributed by atoms with Crippen LogP contribution in [-0.4, -0.2) is 26.7 Å². The third kappa shape index (κ3) is 2.44. The van der Waals surface area contributed by atoms with Gasteiger partial charge in [0.15, 0.2) is 5.76 Å². The Morgan fingerprint density at radius 2 is 2.20 bits per heavy atom. The second-order valence-corrected chi connectivity index (χ2v) is 6.53. The molecule has 0 radical (unpaired) electrons. The van der Waals surface area contributed by atoms with Crippen molar-refractivity contribution in [3.05, 3.63) is 21.0 Å². The second kappa shape index (κ2) is 5.17. The second-order valence-electron chi connectivity index (χ2n) is 3.74. The molecule has 0 saturated heterocycles. The summed E-state index contributed by atoms with van der Waals surface area (Å²) in [6, 6.07) is 0. The van der Waals surface area contributed by atoms with Crippen molar-refractivity contribution in [2.45, 2.75) is 11.8 Å². The van der Waals surface area contributed by atoms with Gasteiger partial charge in [0, 0.05) is 5.38 Å². The van der Waals surface area contributed by atoms with Crippen molar-refractivity contribution in [1.29, 1.82) is 0 Å². The Kier molecular flexibility index (Phi) is 3.87. The SMILES string of the molecule is COC(=O)c1scc(S(N)(=O)=O)c1-c1noc(C)c1Cl. The Hall–Kier alpha value is -1.42. The van der Waals surface area contributed by atoms with Crippen LogP contribution in [0, 0.1) is 6.92 Å². The van der Waals surface area contributed by atoms with E-state index in [0.29, 0.717) is 5.76 Å². The van der Waals surface area contributed by atoms with E-state index in [-0.39, 0.29) is 26.1 Å². The summed E-state index contributed by atoms with van der Waals surface area (Å²) in [6.45, 7) is 1.56. The van der Waals surface area contributed by atoms with Crippen LogP contribution in [0.3, 0.4) is 0 Å². The minimum Gasteiger partial charge on any atom is -0.465 e. The number of nitrogens with two attached hydrogens (primary N) is 1. The summed E-state index contributed by atoms with van der Waals surface area (Å²) in [4.78, 5) is 11.5. The van der Waals surface area contributed by atoms with Crippen molar-refractivity contribution in [3.63, 3.8) is 0 Å². The fourth-order valence-corrected chi connectivity index (χ4v) is 3.77. The molecule has 0 unspecified atom stereocenters. The first-order valence-electron chi connectivity index (χ1n) is 5.12. The van der Waals surface area contributed by atoms with Crippen molar-refractivity contribution in [3.8, 4) is 11.3 Å². The standard InChI is InChI=1S/C10H9ClN2O5S2/c1-4-7(11)8(13-18-4)6-5(20(12,15)16)3-19-9(6)10(14)17-2/h3H,1-2H3,(H2,12,15,16). The lowest BCUT2D eigenvalue weighted by molar-refractivity contribution is 0.0607. The molecule has 20 heavy (non-hydrogen) atoms. The molecular formula is C10H9ClN2O5S2. The minimum absolute atomic E-state index is 0.00815. The maximum Gasteiger partial charge on any atom is 0.348 e. The van der Waals surface area contributed by atoms with E-state index >= 15 is 0 Å². The molecule has 2 aromatic rings. The Morgan fingerprint density at radius 3 is 2.65 bits per heavy atom. The van der Waals surface area contributed by atoms with Gasteiger partial charge in [-0.15, -0.1) is 11.3 Å². The minimum atomic E-state index is -4.05. The number of hydrogen-bond acceptors (Lipinski definition) is 7. The zero-order chi connectivity index (χ0) is 15.1. The molecular weight excluding hydrogens is 328 g/mol. The number of methoxy groups -OCH3 is 1. The molecule has 0 aliphatic carbocycles. The summed E-state index contributed by atoms with van der Waals surface area (Å²) in [6.07, 6.45) is 0. The Labute approximate surface area is 123 Å². The summed E-state index contributed by atoms with van der Waals surface area (Å²) < 4.78 is 32.7. The molecule has 0 aliphatic heterocycles. The summed E-state index contributed by atoms with van der Waals surface area (Å²) in [7, 11) is -2.87. The summed E-state index contributed by atoms with van der Waals surface area (Å²) in [5.41, 5.74) is 0.0287. The molecule has 0 saturated carbocycles. The van der Waals surface area contributed by atoms with Crippen LogP contribution in [0.5, 0.6) is 0 Å². The van der Waals surface area contributed by atoms with Gasteiger partial charge >= 0.3 is 5.97 Å². The van der Waals surface area contributed by atoms with Gasteiger partial charge in [-0.1, -0.05) is 16.8 Å².